The van der Waals surface area contributed by atoms with Crippen molar-refractivity contribution in [3.05, 3.63) is 12.3 Å². The van der Waals surface area contributed by atoms with Gasteiger partial charge in [0, 0.05) is 6.92 Å². The van der Waals surface area contributed by atoms with Gasteiger partial charge in [-0.3, -0.25) is 4.79 Å². The van der Waals surface area contributed by atoms with E-state index in [9.17, 15) is 4.79 Å². The SMILES string of the molecule is CCC1(COC(C)=O)CCC=CO1. The predicted octanol–water partition coefficient (Wildman–Crippen LogP) is 2.02. The minimum atomic E-state index is -0.277. The van der Waals surface area contributed by atoms with Crippen LogP contribution in [0.1, 0.15) is 33.1 Å². The molecule has 0 amide bonds. The van der Waals surface area contributed by atoms with Gasteiger partial charge in [0.2, 0.25) is 0 Å². The van der Waals surface area contributed by atoms with Crippen molar-refractivity contribution in [2.45, 2.75) is 38.7 Å². The standard InChI is InChI=1S/C10H16O3/c1-3-10(8-12-9(2)11)6-4-5-7-13-10/h5,7H,3-4,6,8H2,1-2H3. The second-order valence-electron chi connectivity index (χ2n) is 3.35. The van der Waals surface area contributed by atoms with Crippen LogP contribution >= 0.6 is 0 Å². The van der Waals surface area contributed by atoms with E-state index in [0.717, 1.165) is 19.3 Å². The number of hydrogen-bond acceptors (Lipinski definition) is 3. The highest BCUT2D eigenvalue weighted by molar-refractivity contribution is 5.65. The van der Waals surface area contributed by atoms with Crippen LogP contribution in [0.5, 0.6) is 0 Å². The molecule has 0 spiro atoms. The van der Waals surface area contributed by atoms with E-state index in [1.165, 1.54) is 6.92 Å². The third-order valence-corrected chi connectivity index (χ3v) is 2.36. The zero-order valence-corrected chi connectivity index (χ0v) is 8.21. The van der Waals surface area contributed by atoms with Crippen molar-refractivity contribution < 1.29 is 14.3 Å². The average Bonchev–Trinajstić information content (AvgIpc) is 2.16. The summed E-state index contributed by atoms with van der Waals surface area (Å²) in [6.07, 6.45) is 6.48. The number of carbonyl (C=O) groups is 1. The lowest BCUT2D eigenvalue weighted by Gasteiger charge is -2.33. The quantitative estimate of drug-likeness (QED) is 0.629. The van der Waals surface area contributed by atoms with Crippen LogP contribution in [0.25, 0.3) is 0 Å². The van der Waals surface area contributed by atoms with Crippen LogP contribution in [0, 0.1) is 0 Å². The van der Waals surface area contributed by atoms with Gasteiger partial charge in [-0.05, 0) is 25.3 Å². The third-order valence-electron chi connectivity index (χ3n) is 2.36. The summed E-state index contributed by atoms with van der Waals surface area (Å²) in [5.41, 5.74) is -0.277. The van der Waals surface area contributed by atoms with Gasteiger partial charge in [0.05, 0.1) is 6.26 Å². The molecule has 3 heteroatoms. The van der Waals surface area contributed by atoms with E-state index in [-0.39, 0.29) is 11.6 Å². The number of carbonyl (C=O) groups excluding carboxylic acids is 1. The van der Waals surface area contributed by atoms with Gasteiger partial charge in [-0.1, -0.05) is 6.92 Å². The number of allylic oxidation sites excluding steroid dienone is 1. The van der Waals surface area contributed by atoms with Gasteiger partial charge in [0.15, 0.2) is 0 Å². The minimum absolute atomic E-state index is 0.244. The Labute approximate surface area is 78.7 Å². The molecule has 1 aliphatic rings. The molecule has 0 fully saturated rings. The lowest BCUT2D eigenvalue weighted by molar-refractivity contribution is -0.150. The van der Waals surface area contributed by atoms with E-state index in [1.54, 1.807) is 6.26 Å². The zero-order chi connectivity index (χ0) is 9.73. The van der Waals surface area contributed by atoms with Crippen LogP contribution in [-0.4, -0.2) is 18.2 Å². The van der Waals surface area contributed by atoms with E-state index in [4.69, 9.17) is 9.47 Å². The maximum absolute atomic E-state index is 10.6. The molecular weight excluding hydrogens is 168 g/mol. The highest BCUT2D eigenvalue weighted by Crippen LogP contribution is 2.27. The topological polar surface area (TPSA) is 35.5 Å². The van der Waals surface area contributed by atoms with E-state index in [0.29, 0.717) is 6.61 Å². The Morgan fingerprint density at radius 2 is 2.46 bits per heavy atom. The molecular formula is C10H16O3. The molecule has 0 aromatic heterocycles. The molecule has 74 valence electrons. The predicted molar refractivity (Wildman–Crippen MR) is 49.1 cm³/mol. The van der Waals surface area contributed by atoms with E-state index in [2.05, 4.69) is 0 Å². The Kier molecular flexibility index (Phi) is 3.34. The summed E-state index contributed by atoms with van der Waals surface area (Å²) in [7, 11) is 0. The van der Waals surface area contributed by atoms with E-state index in [1.807, 2.05) is 13.0 Å². The summed E-state index contributed by atoms with van der Waals surface area (Å²) in [5.74, 6) is -0.244. The van der Waals surface area contributed by atoms with Gasteiger partial charge in [0.25, 0.3) is 0 Å². The Hall–Kier alpha value is -0.990. The Bertz CT molecular complexity index is 210. The molecule has 0 radical (unpaired) electrons. The Morgan fingerprint density at radius 1 is 1.69 bits per heavy atom. The first-order valence-corrected chi connectivity index (χ1v) is 4.65. The van der Waals surface area contributed by atoms with Crippen LogP contribution in [0.3, 0.4) is 0 Å². The molecule has 3 nitrogen and oxygen atoms in total. The monoisotopic (exact) mass is 184 g/mol. The van der Waals surface area contributed by atoms with Crippen LogP contribution in [0.4, 0.5) is 0 Å². The molecule has 0 N–H and O–H groups in total. The Balaban J connectivity index is 2.48. The minimum Gasteiger partial charge on any atom is -0.492 e. The van der Waals surface area contributed by atoms with Crippen molar-refractivity contribution >= 4 is 5.97 Å². The number of esters is 1. The molecule has 1 atom stereocenters. The molecule has 0 aromatic rings. The molecule has 13 heavy (non-hydrogen) atoms. The van der Waals surface area contributed by atoms with Crippen LogP contribution in [-0.2, 0) is 14.3 Å². The fourth-order valence-electron chi connectivity index (χ4n) is 1.37. The first kappa shape index (κ1) is 10.1. The first-order chi connectivity index (χ1) is 6.18. The summed E-state index contributed by atoms with van der Waals surface area (Å²) in [5, 5.41) is 0. The fraction of sp³-hybridized carbons (Fsp3) is 0.700. The van der Waals surface area contributed by atoms with E-state index >= 15 is 0 Å². The smallest absolute Gasteiger partial charge is 0.302 e. The molecule has 1 rings (SSSR count). The van der Waals surface area contributed by atoms with Crippen molar-refractivity contribution in [3.8, 4) is 0 Å². The summed E-state index contributed by atoms with van der Waals surface area (Å²) in [4.78, 5) is 10.6. The van der Waals surface area contributed by atoms with Crippen molar-refractivity contribution in [1.82, 2.24) is 0 Å². The fourth-order valence-corrected chi connectivity index (χ4v) is 1.37. The van der Waals surface area contributed by atoms with Gasteiger partial charge >= 0.3 is 5.97 Å². The second-order valence-corrected chi connectivity index (χ2v) is 3.35. The van der Waals surface area contributed by atoms with Gasteiger partial charge < -0.3 is 9.47 Å². The third kappa shape index (κ3) is 2.76. The van der Waals surface area contributed by atoms with E-state index < -0.39 is 0 Å². The summed E-state index contributed by atoms with van der Waals surface area (Å²) < 4.78 is 10.5. The van der Waals surface area contributed by atoms with Gasteiger partial charge in [-0.15, -0.1) is 0 Å². The first-order valence-electron chi connectivity index (χ1n) is 4.65. The lowest BCUT2D eigenvalue weighted by Crippen LogP contribution is -2.37. The highest BCUT2D eigenvalue weighted by Gasteiger charge is 2.31. The highest BCUT2D eigenvalue weighted by atomic mass is 16.6. The normalized spacial score (nSPS) is 26.6. The maximum atomic E-state index is 10.6. The Morgan fingerprint density at radius 3 is 2.92 bits per heavy atom. The zero-order valence-electron chi connectivity index (χ0n) is 8.21. The van der Waals surface area contributed by atoms with Crippen molar-refractivity contribution in [1.29, 1.82) is 0 Å². The van der Waals surface area contributed by atoms with Crippen molar-refractivity contribution in [2.75, 3.05) is 6.61 Å². The maximum Gasteiger partial charge on any atom is 0.302 e. The van der Waals surface area contributed by atoms with Crippen LogP contribution in [0.15, 0.2) is 12.3 Å². The van der Waals surface area contributed by atoms with Crippen molar-refractivity contribution in [2.24, 2.45) is 0 Å². The largest absolute Gasteiger partial charge is 0.492 e. The van der Waals surface area contributed by atoms with Gasteiger partial charge in [-0.2, -0.15) is 0 Å². The molecule has 1 heterocycles. The molecule has 0 aliphatic carbocycles. The van der Waals surface area contributed by atoms with Crippen LogP contribution < -0.4 is 0 Å². The number of rotatable bonds is 3. The number of hydrogen-bond donors (Lipinski definition) is 0. The second kappa shape index (κ2) is 4.30. The van der Waals surface area contributed by atoms with Gasteiger partial charge in [-0.25, -0.2) is 0 Å². The lowest BCUT2D eigenvalue weighted by atomic mass is 9.94. The summed E-state index contributed by atoms with van der Waals surface area (Å²) in [6, 6.07) is 0. The van der Waals surface area contributed by atoms with Crippen molar-refractivity contribution in [3.63, 3.8) is 0 Å². The summed E-state index contributed by atoms with van der Waals surface area (Å²) >= 11 is 0. The molecule has 0 bridgehead atoms. The van der Waals surface area contributed by atoms with Crippen LogP contribution in [0.2, 0.25) is 0 Å². The summed E-state index contributed by atoms with van der Waals surface area (Å²) in [6.45, 7) is 3.83. The number of ether oxygens (including phenoxy) is 2. The molecule has 0 saturated heterocycles. The molecule has 1 unspecified atom stereocenters. The molecule has 1 aliphatic heterocycles. The molecule has 0 saturated carbocycles. The molecule has 0 aromatic carbocycles. The average molecular weight is 184 g/mol. The van der Waals surface area contributed by atoms with Gasteiger partial charge in [0.1, 0.15) is 12.2 Å².